The van der Waals surface area contributed by atoms with Crippen LogP contribution in [0.3, 0.4) is 0 Å². The van der Waals surface area contributed by atoms with Crippen LogP contribution >= 0.6 is 0 Å². The number of carbonyl (C=O) groups is 1. The Labute approximate surface area is 165 Å². The summed E-state index contributed by atoms with van der Waals surface area (Å²) >= 11 is 0. The van der Waals surface area contributed by atoms with Gasteiger partial charge in [0.1, 0.15) is 0 Å². The Bertz CT molecular complexity index is 944. The lowest BCUT2D eigenvalue weighted by atomic mass is 10.1. The second-order valence-electron chi connectivity index (χ2n) is 7.23. The Hall–Kier alpha value is -3.15. The van der Waals surface area contributed by atoms with Crippen molar-refractivity contribution in [1.29, 1.82) is 0 Å². The summed E-state index contributed by atoms with van der Waals surface area (Å²) in [4.78, 5) is 20.5. The van der Waals surface area contributed by atoms with E-state index < -0.39 is 0 Å². The molecule has 0 atom stereocenters. The predicted octanol–water partition coefficient (Wildman–Crippen LogP) is 2.32. The topological polar surface area (TPSA) is 55.5 Å². The molecule has 1 aromatic carbocycles. The number of hydrogen-bond acceptors (Lipinski definition) is 3. The number of nitrogens with zero attached hydrogens (tertiary/aromatic N) is 4. The Morgan fingerprint density at radius 2 is 1.68 bits per heavy atom. The first-order valence-corrected chi connectivity index (χ1v) is 9.72. The van der Waals surface area contributed by atoms with Crippen molar-refractivity contribution in [3.05, 3.63) is 77.4 Å². The summed E-state index contributed by atoms with van der Waals surface area (Å²) in [5.74, 6) is 0.0929. The standard InChI is InChI=1S/C22H25N5O/c1-17-21(18(2)27(24-17)16-19-6-4-3-5-7-19)22(28)26-14-12-25(13-15-26)20-8-10-23-11-9-20/h3-11H,12-16H2,1-2H3/p+1. The van der Waals surface area contributed by atoms with Gasteiger partial charge >= 0.3 is 0 Å². The van der Waals surface area contributed by atoms with Gasteiger partial charge in [0.2, 0.25) is 0 Å². The highest BCUT2D eigenvalue weighted by atomic mass is 16.2. The van der Waals surface area contributed by atoms with Crippen LogP contribution in [0.1, 0.15) is 27.3 Å². The normalized spacial score (nSPS) is 14.4. The molecule has 0 saturated carbocycles. The van der Waals surface area contributed by atoms with Crippen molar-refractivity contribution in [3.63, 3.8) is 0 Å². The average molecular weight is 376 g/mol. The smallest absolute Gasteiger partial charge is 0.257 e. The predicted molar refractivity (Wildman–Crippen MR) is 108 cm³/mol. The second kappa shape index (κ2) is 7.84. The fourth-order valence-corrected chi connectivity index (χ4v) is 3.83. The van der Waals surface area contributed by atoms with E-state index in [2.05, 4.69) is 39.2 Å². The van der Waals surface area contributed by atoms with Crippen molar-refractivity contribution in [2.24, 2.45) is 0 Å². The molecule has 6 heteroatoms. The quantitative estimate of drug-likeness (QED) is 0.702. The van der Waals surface area contributed by atoms with Gasteiger partial charge in [0.25, 0.3) is 5.91 Å². The molecule has 3 aromatic rings. The molecule has 4 rings (SSSR count). The van der Waals surface area contributed by atoms with Crippen LogP contribution < -0.4 is 9.88 Å². The molecular formula is C22H26N5O+. The largest absolute Gasteiger partial charge is 0.368 e. The van der Waals surface area contributed by atoms with Gasteiger partial charge in [-0.1, -0.05) is 30.3 Å². The number of carbonyl (C=O) groups excluding carboxylic acids is 1. The molecule has 6 nitrogen and oxygen atoms in total. The van der Waals surface area contributed by atoms with Gasteiger partial charge < -0.3 is 9.80 Å². The van der Waals surface area contributed by atoms with E-state index in [0.29, 0.717) is 6.54 Å². The molecule has 144 valence electrons. The minimum Gasteiger partial charge on any atom is -0.368 e. The summed E-state index contributed by atoms with van der Waals surface area (Å²) in [5, 5.41) is 4.64. The van der Waals surface area contributed by atoms with Crippen molar-refractivity contribution < 1.29 is 9.78 Å². The Morgan fingerprint density at radius 3 is 2.36 bits per heavy atom. The molecule has 1 aliphatic rings. The first-order chi connectivity index (χ1) is 13.6. The monoisotopic (exact) mass is 376 g/mol. The van der Waals surface area contributed by atoms with Crippen molar-refractivity contribution in [2.75, 3.05) is 31.1 Å². The molecule has 0 aliphatic carbocycles. The molecule has 28 heavy (non-hydrogen) atoms. The molecule has 1 saturated heterocycles. The molecule has 0 bridgehead atoms. The maximum Gasteiger partial charge on any atom is 0.257 e. The van der Waals surface area contributed by atoms with E-state index in [4.69, 9.17) is 0 Å². The van der Waals surface area contributed by atoms with E-state index in [1.165, 1.54) is 11.3 Å². The van der Waals surface area contributed by atoms with E-state index in [9.17, 15) is 4.79 Å². The number of aromatic nitrogens is 3. The number of aryl methyl sites for hydroxylation is 1. The molecule has 0 radical (unpaired) electrons. The third-order valence-electron chi connectivity index (χ3n) is 5.40. The van der Waals surface area contributed by atoms with Crippen LogP contribution in [-0.2, 0) is 6.54 Å². The van der Waals surface area contributed by atoms with Gasteiger partial charge in [-0.05, 0) is 19.4 Å². The molecule has 0 unspecified atom stereocenters. The summed E-state index contributed by atoms with van der Waals surface area (Å²) in [6.45, 7) is 7.73. The van der Waals surface area contributed by atoms with Crippen LogP contribution in [-0.4, -0.2) is 46.8 Å². The SMILES string of the molecule is Cc1nn(Cc2ccccc2)c(C)c1C(=O)N1CCN(c2cc[nH+]cc2)CC1. The highest BCUT2D eigenvalue weighted by Crippen LogP contribution is 2.20. The number of anilines is 1. The lowest BCUT2D eigenvalue weighted by Crippen LogP contribution is -2.49. The summed E-state index contributed by atoms with van der Waals surface area (Å²) in [6, 6.07) is 14.4. The van der Waals surface area contributed by atoms with Crippen molar-refractivity contribution in [1.82, 2.24) is 14.7 Å². The fraction of sp³-hybridized carbons (Fsp3) is 0.318. The second-order valence-corrected chi connectivity index (χ2v) is 7.23. The Morgan fingerprint density at radius 1 is 1.00 bits per heavy atom. The van der Waals surface area contributed by atoms with Crippen LogP contribution in [0.25, 0.3) is 0 Å². The third-order valence-corrected chi connectivity index (χ3v) is 5.40. The van der Waals surface area contributed by atoms with E-state index in [0.717, 1.165) is 43.1 Å². The Balaban J connectivity index is 1.47. The number of benzene rings is 1. The van der Waals surface area contributed by atoms with E-state index in [1.807, 2.05) is 54.0 Å². The zero-order chi connectivity index (χ0) is 19.5. The summed E-state index contributed by atoms with van der Waals surface area (Å²) in [5.41, 5.74) is 4.86. The maximum absolute atomic E-state index is 13.2. The average Bonchev–Trinajstić information content (AvgIpc) is 3.02. The maximum atomic E-state index is 13.2. The molecule has 3 heterocycles. The van der Waals surface area contributed by atoms with Gasteiger partial charge in [-0.2, -0.15) is 5.10 Å². The van der Waals surface area contributed by atoms with Gasteiger partial charge in [-0.3, -0.25) is 9.48 Å². The minimum atomic E-state index is 0.0929. The number of nitrogens with one attached hydrogen (secondary N) is 1. The molecule has 1 N–H and O–H groups in total. The number of aromatic amines is 1. The van der Waals surface area contributed by atoms with Gasteiger partial charge in [-0.25, -0.2) is 4.98 Å². The van der Waals surface area contributed by atoms with Crippen LogP contribution in [0.15, 0.2) is 54.9 Å². The van der Waals surface area contributed by atoms with Crippen molar-refractivity contribution in [2.45, 2.75) is 20.4 Å². The molecule has 1 amide bonds. The first-order valence-electron chi connectivity index (χ1n) is 9.72. The molecular weight excluding hydrogens is 350 g/mol. The van der Waals surface area contributed by atoms with Gasteiger partial charge in [-0.15, -0.1) is 0 Å². The van der Waals surface area contributed by atoms with E-state index in [-0.39, 0.29) is 5.91 Å². The fourth-order valence-electron chi connectivity index (χ4n) is 3.83. The Kier molecular flexibility index (Phi) is 5.10. The molecule has 2 aromatic heterocycles. The van der Waals surface area contributed by atoms with Crippen LogP contribution in [0, 0.1) is 13.8 Å². The number of hydrogen-bond donors (Lipinski definition) is 0. The highest BCUT2D eigenvalue weighted by molar-refractivity contribution is 5.96. The van der Waals surface area contributed by atoms with Crippen LogP contribution in [0.2, 0.25) is 0 Å². The lowest BCUT2D eigenvalue weighted by Gasteiger charge is -2.35. The molecule has 1 fully saturated rings. The number of amides is 1. The lowest BCUT2D eigenvalue weighted by molar-refractivity contribution is -0.377. The van der Waals surface area contributed by atoms with Gasteiger partial charge in [0.05, 0.1) is 17.8 Å². The van der Waals surface area contributed by atoms with Crippen molar-refractivity contribution >= 4 is 11.6 Å². The number of rotatable bonds is 4. The molecule has 0 spiro atoms. The highest BCUT2D eigenvalue weighted by Gasteiger charge is 2.27. The zero-order valence-electron chi connectivity index (χ0n) is 16.4. The summed E-state index contributed by atoms with van der Waals surface area (Å²) < 4.78 is 1.94. The summed E-state index contributed by atoms with van der Waals surface area (Å²) in [6.07, 6.45) is 3.86. The van der Waals surface area contributed by atoms with Gasteiger partial charge in [0, 0.05) is 49.7 Å². The van der Waals surface area contributed by atoms with Crippen LogP contribution in [0.4, 0.5) is 5.69 Å². The minimum absolute atomic E-state index is 0.0929. The van der Waals surface area contributed by atoms with Crippen LogP contribution in [0.5, 0.6) is 0 Å². The summed E-state index contributed by atoms with van der Waals surface area (Å²) in [7, 11) is 0. The van der Waals surface area contributed by atoms with E-state index >= 15 is 0 Å². The van der Waals surface area contributed by atoms with Gasteiger partial charge in [0.15, 0.2) is 12.4 Å². The third kappa shape index (κ3) is 3.63. The number of H-pyrrole nitrogens is 1. The first kappa shape index (κ1) is 18.2. The van der Waals surface area contributed by atoms with Crippen molar-refractivity contribution in [3.8, 4) is 0 Å². The number of pyridine rings is 1. The van der Waals surface area contributed by atoms with E-state index in [1.54, 1.807) is 0 Å². The zero-order valence-corrected chi connectivity index (χ0v) is 16.4. The molecule has 1 aliphatic heterocycles. The number of piperazine rings is 1.